The highest BCUT2D eigenvalue weighted by atomic mass is 16.6. The van der Waals surface area contributed by atoms with Crippen LogP contribution in [0.2, 0.25) is 0 Å². The van der Waals surface area contributed by atoms with E-state index in [9.17, 15) is 0 Å². The molecule has 1 heterocycles. The molecule has 0 saturated heterocycles. The molecule has 0 bridgehead atoms. The molecule has 1 aromatic heterocycles. The van der Waals surface area contributed by atoms with E-state index in [1.165, 1.54) is 0 Å². The van der Waals surface area contributed by atoms with Crippen LogP contribution in [0.3, 0.4) is 0 Å². The summed E-state index contributed by atoms with van der Waals surface area (Å²) in [6.45, 7) is 4.08. The Morgan fingerprint density at radius 2 is 2.00 bits per heavy atom. The molecule has 1 aromatic carbocycles. The van der Waals surface area contributed by atoms with Crippen molar-refractivity contribution >= 4 is 5.71 Å². The summed E-state index contributed by atoms with van der Waals surface area (Å²) in [5.74, 6) is 1.62. The van der Waals surface area contributed by atoms with Crippen molar-refractivity contribution in [2.24, 2.45) is 5.16 Å². The molecular formula is C14H17N3O3. The van der Waals surface area contributed by atoms with Crippen molar-refractivity contribution in [1.82, 2.24) is 10.2 Å². The first-order valence-corrected chi connectivity index (χ1v) is 6.35. The van der Waals surface area contributed by atoms with Crippen LogP contribution in [0.15, 0.2) is 33.8 Å². The molecule has 0 saturated carbocycles. The molecule has 6 heteroatoms. The fraction of sp³-hybridized carbons (Fsp3) is 0.357. The van der Waals surface area contributed by atoms with Crippen molar-refractivity contribution < 1.29 is 14.0 Å². The zero-order valence-electron chi connectivity index (χ0n) is 11.8. The molecule has 0 aliphatic heterocycles. The van der Waals surface area contributed by atoms with Crippen molar-refractivity contribution in [2.45, 2.75) is 26.9 Å². The molecule has 0 atom stereocenters. The normalized spacial score (nSPS) is 11.4. The highest BCUT2D eigenvalue weighted by molar-refractivity contribution is 5.80. The second-order valence-electron chi connectivity index (χ2n) is 4.18. The lowest BCUT2D eigenvalue weighted by Crippen LogP contribution is -1.92. The molecule has 0 N–H and O–H groups in total. The standard InChI is InChI=1S/C14H17N3O3/c1-4-10(2)17-19-9-13-15-16-14(20-13)11-5-7-12(18-3)8-6-11/h5-8H,4,9H2,1-3H3. The predicted molar refractivity (Wildman–Crippen MR) is 74.5 cm³/mol. The van der Waals surface area contributed by atoms with Crippen molar-refractivity contribution in [3.63, 3.8) is 0 Å². The van der Waals surface area contributed by atoms with Gasteiger partial charge >= 0.3 is 0 Å². The van der Waals surface area contributed by atoms with Gasteiger partial charge in [-0.15, -0.1) is 10.2 Å². The Morgan fingerprint density at radius 3 is 2.65 bits per heavy atom. The van der Waals surface area contributed by atoms with E-state index in [1.54, 1.807) is 7.11 Å². The second-order valence-corrected chi connectivity index (χ2v) is 4.18. The summed E-state index contributed by atoms with van der Waals surface area (Å²) in [5.41, 5.74) is 1.75. The highest BCUT2D eigenvalue weighted by Gasteiger charge is 2.09. The quantitative estimate of drug-likeness (QED) is 0.598. The summed E-state index contributed by atoms with van der Waals surface area (Å²) in [7, 11) is 1.62. The summed E-state index contributed by atoms with van der Waals surface area (Å²) in [6, 6.07) is 7.39. The molecule has 0 radical (unpaired) electrons. The van der Waals surface area contributed by atoms with Gasteiger partial charge in [0, 0.05) is 5.56 Å². The number of rotatable bonds is 6. The lowest BCUT2D eigenvalue weighted by atomic mass is 10.2. The first kappa shape index (κ1) is 14.0. The smallest absolute Gasteiger partial charge is 0.257 e. The number of hydrogen-bond donors (Lipinski definition) is 0. The van der Waals surface area contributed by atoms with E-state index in [0.29, 0.717) is 11.8 Å². The van der Waals surface area contributed by atoms with Gasteiger partial charge in [0.2, 0.25) is 5.89 Å². The van der Waals surface area contributed by atoms with Crippen LogP contribution in [-0.2, 0) is 11.4 Å². The number of hydrogen-bond acceptors (Lipinski definition) is 6. The van der Waals surface area contributed by atoms with Crippen LogP contribution in [0, 0.1) is 0 Å². The van der Waals surface area contributed by atoms with E-state index in [0.717, 1.165) is 23.4 Å². The van der Waals surface area contributed by atoms with Crippen LogP contribution in [0.25, 0.3) is 11.5 Å². The summed E-state index contributed by atoms with van der Waals surface area (Å²) >= 11 is 0. The lowest BCUT2D eigenvalue weighted by molar-refractivity contribution is 0.110. The molecule has 20 heavy (non-hydrogen) atoms. The van der Waals surface area contributed by atoms with Crippen LogP contribution in [0.4, 0.5) is 0 Å². The van der Waals surface area contributed by atoms with Gasteiger partial charge in [-0.05, 0) is 37.6 Å². The molecule has 0 fully saturated rings. The van der Waals surface area contributed by atoms with E-state index in [1.807, 2.05) is 38.1 Å². The third kappa shape index (κ3) is 3.57. The highest BCUT2D eigenvalue weighted by Crippen LogP contribution is 2.21. The van der Waals surface area contributed by atoms with Gasteiger partial charge in [-0.2, -0.15) is 0 Å². The minimum Gasteiger partial charge on any atom is -0.497 e. The summed E-state index contributed by atoms with van der Waals surface area (Å²) in [5, 5.41) is 11.8. The largest absolute Gasteiger partial charge is 0.497 e. The first-order chi connectivity index (χ1) is 9.72. The van der Waals surface area contributed by atoms with Crippen LogP contribution in [-0.4, -0.2) is 23.0 Å². The monoisotopic (exact) mass is 275 g/mol. The Kier molecular flexibility index (Phi) is 4.70. The van der Waals surface area contributed by atoms with Crippen LogP contribution >= 0.6 is 0 Å². The molecule has 0 spiro atoms. The van der Waals surface area contributed by atoms with Crippen LogP contribution in [0.1, 0.15) is 26.2 Å². The van der Waals surface area contributed by atoms with Gasteiger partial charge in [0.05, 0.1) is 12.8 Å². The third-order valence-electron chi connectivity index (χ3n) is 2.72. The Hall–Kier alpha value is -2.37. The van der Waals surface area contributed by atoms with E-state index < -0.39 is 0 Å². The Bertz CT molecular complexity index is 576. The van der Waals surface area contributed by atoms with E-state index in [-0.39, 0.29) is 6.61 Å². The van der Waals surface area contributed by atoms with Crippen LogP contribution in [0.5, 0.6) is 5.75 Å². The fourth-order valence-corrected chi connectivity index (χ4v) is 1.42. The summed E-state index contributed by atoms with van der Waals surface area (Å²) in [6.07, 6.45) is 0.848. The van der Waals surface area contributed by atoms with Crippen LogP contribution < -0.4 is 4.74 Å². The van der Waals surface area contributed by atoms with Crippen molar-refractivity contribution in [3.05, 3.63) is 30.2 Å². The molecule has 6 nitrogen and oxygen atoms in total. The zero-order valence-corrected chi connectivity index (χ0v) is 11.8. The number of methoxy groups -OCH3 is 1. The minimum absolute atomic E-state index is 0.167. The maximum absolute atomic E-state index is 5.50. The van der Waals surface area contributed by atoms with Crippen molar-refractivity contribution in [3.8, 4) is 17.2 Å². The summed E-state index contributed by atoms with van der Waals surface area (Å²) < 4.78 is 10.6. The molecule has 0 aliphatic carbocycles. The van der Waals surface area contributed by atoms with E-state index in [4.69, 9.17) is 14.0 Å². The number of oxime groups is 1. The number of benzene rings is 1. The average Bonchev–Trinajstić information content (AvgIpc) is 2.96. The average molecular weight is 275 g/mol. The van der Waals surface area contributed by atoms with Gasteiger partial charge < -0.3 is 14.0 Å². The van der Waals surface area contributed by atoms with E-state index >= 15 is 0 Å². The van der Waals surface area contributed by atoms with Gasteiger partial charge in [0.15, 0.2) is 6.61 Å². The van der Waals surface area contributed by atoms with E-state index in [2.05, 4.69) is 15.4 Å². The zero-order chi connectivity index (χ0) is 14.4. The van der Waals surface area contributed by atoms with Crippen molar-refractivity contribution in [1.29, 1.82) is 0 Å². The van der Waals surface area contributed by atoms with Gasteiger partial charge in [0.1, 0.15) is 5.75 Å². The lowest BCUT2D eigenvalue weighted by Gasteiger charge is -1.99. The molecule has 106 valence electrons. The maximum atomic E-state index is 5.50. The predicted octanol–water partition coefficient (Wildman–Crippen LogP) is 3.05. The SMILES string of the molecule is CCC(C)=NOCc1nnc(-c2ccc(OC)cc2)o1. The fourth-order valence-electron chi connectivity index (χ4n) is 1.42. The molecule has 0 unspecified atom stereocenters. The molecular weight excluding hydrogens is 258 g/mol. The maximum Gasteiger partial charge on any atom is 0.257 e. The van der Waals surface area contributed by atoms with Gasteiger partial charge in [-0.25, -0.2) is 0 Å². The van der Waals surface area contributed by atoms with Gasteiger partial charge in [0.25, 0.3) is 5.89 Å². The summed E-state index contributed by atoms with van der Waals surface area (Å²) in [4.78, 5) is 5.13. The Morgan fingerprint density at radius 1 is 1.25 bits per heavy atom. The second kappa shape index (κ2) is 6.70. The molecule has 0 aliphatic rings. The number of nitrogens with zero attached hydrogens (tertiary/aromatic N) is 3. The van der Waals surface area contributed by atoms with Gasteiger partial charge in [-0.1, -0.05) is 12.1 Å². The van der Waals surface area contributed by atoms with Gasteiger partial charge in [-0.3, -0.25) is 0 Å². The first-order valence-electron chi connectivity index (χ1n) is 6.35. The minimum atomic E-state index is 0.167. The number of ether oxygens (including phenoxy) is 1. The molecule has 2 aromatic rings. The topological polar surface area (TPSA) is 69.7 Å². The molecule has 2 rings (SSSR count). The van der Waals surface area contributed by atoms with Crippen molar-refractivity contribution in [2.75, 3.05) is 7.11 Å². The Labute approximate surface area is 117 Å². The number of aromatic nitrogens is 2. The Balaban J connectivity index is 2.01. The molecule has 0 amide bonds. The third-order valence-corrected chi connectivity index (χ3v) is 2.72.